The van der Waals surface area contributed by atoms with Crippen molar-refractivity contribution < 1.29 is 0 Å². The van der Waals surface area contributed by atoms with E-state index in [0.29, 0.717) is 11.5 Å². The van der Waals surface area contributed by atoms with Crippen molar-refractivity contribution in [3.8, 4) is 0 Å². The van der Waals surface area contributed by atoms with Crippen LogP contribution in [0.25, 0.3) is 0 Å². The summed E-state index contributed by atoms with van der Waals surface area (Å²) in [6.07, 6.45) is 5.49. The molecule has 2 fully saturated rings. The summed E-state index contributed by atoms with van der Waals surface area (Å²) in [5.74, 6) is 1.55. The van der Waals surface area contributed by atoms with E-state index >= 15 is 0 Å². The normalized spacial score (nSPS) is 36.5. The maximum Gasteiger partial charge on any atom is 0.0247 e. The van der Waals surface area contributed by atoms with Gasteiger partial charge < -0.3 is 5.32 Å². The van der Waals surface area contributed by atoms with E-state index < -0.39 is 0 Å². The highest BCUT2D eigenvalue weighted by atomic mass is 15.3. The van der Waals surface area contributed by atoms with E-state index in [2.05, 4.69) is 51.8 Å². The van der Waals surface area contributed by atoms with Crippen LogP contribution in [0, 0.1) is 17.3 Å². The largest absolute Gasteiger partial charge is 0.311 e. The van der Waals surface area contributed by atoms with Crippen LogP contribution in [0.1, 0.15) is 67.2 Å². The molecule has 0 aromatic rings. The molecule has 0 amide bonds. The number of hydrogen-bond donors (Lipinski definition) is 1. The minimum Gasteiger partial charge on any atom is -0.311 e. The Hall–Kier alpha value is -0.0800. The summed E-state index contributed by atoms with van der Waals surface area (Å²) in [5, 5.41) is 3.83. The van der Waals surface area contributed by atoms with Crippen molar-refractivity contribution in [2.75, 3.05) is 13.1 Å². The smallest absolute Gasteiger partial charge is 0.0247 e. The Morgan fingerprint density at radius 1 is 1.25 bits per heavy atom. The third-order valence-electron chi connectivity index (χ3n) is 5.93. The van der Waals surface area contributed by atoms with Gasteiger partial charge in [0.15, 0.2) is 0 Å². The topological polar surface area (TPSA) is 15.3 Å². The summed E-state index contributed by atoms with van der Waals surface area (Å²) in [5.41, 5.74) is 0.558. The highest BCUT2D eigenvalue weighted by Crippen LogP contribution is 2.41. The molecule has 1 heterocycles. The highest BCUT2D eigenvalue weighted by molar-refractivity contribution is 4.97. The lowest BCUT2D eigenvalue weighted by Gasteiger charge is -2.47. The summed E-state index contributed by atoms with van der Waals surface area (Å²) < 4.78 is 0. The molecule has 20 heavy (non-hydrogen) atoms. The van der Waals surface area contributed by atoms with E-state index in [9.17, 15) is 0 Å². The van der Waals surface area contributed by atoms with Gasteiger partial charge in [0.1, 0.15) is 0 Å². The molecule has 4 atom stereocenters. The second-order valence-electron chi connectivity index (χ2n) is 8.47. The van der Waals surface area contributed by atoms with Gasteiger partial charge in [-0.25, -0.2) is 0 Å². The number of nitrogens with one attached hydrogen (secondary N) is 1. The Morgan fingerprint density at radius 2 is 1.95 bits per heavy atom. The fourth-order valence-electron chi connectivity index (χ4n) is 4.20. The molecule has 1 aliphatic carbocycles. The zero-order valence-corrected chi connectivity index (χ0v) is 14.6. The van der Waals surface area contributed by atoms with Crippen LogP contribution in [0.4, 0.5) is 0 Å². The minimum absolute atomic E-state index is 0.558. The fraction of sp³-hybridized carbons (Fsp3) is 1.00. The van der Waals surface area contributed by atoms with Crippen LogP contribution in [0.2, 0.25) is 0 Å². The second-order valence-corrected chi connectivity index (χ2v) is 8.47. The number of rotatable bonds is 4. The van der Waals surface area contributed by atoms with Gasteiger partial charge in [0.25, 0.3) is 0 Å². The van der Waals surface area contributed by atoms with Crippen molar-refractivity contribution in [3.05, 3.63) is 0 Å². The SMILES string of the molecule is CCC(C)C1CN(C2CCC(C)(C)C2)C(C(C)C)CN1. The van der Waals surface area contributed by atoms with E-state index in [0.717, 1.165) is 23.9 Å². The molecule has 2 nitrogen and oxygen atoms in total. The average Bonchev–Trinajstić information content (AvgIpc) is 2.77. The Bertz CT molecular complexity index is 311. The van der Waals surface area contributed by atoms with Crippen molar-refractivity contribution in [1.82, 2.24) is 10.2 Å². The van der Waals surface area contributed by atoms with Crippen LogP contribution in [0.15, 0.2) is 0 Å². The summed E-state index contributed by atoms with van der Waals surface area (Å²) in [4.78, 5) is 2.88. The second kappa shape index (κ2) is 6.36. The first-order valence-corrected chi connectivity index (χ1v) is 8.83. The lowest BCUT2D eigenvalue weighted by Crippen LogP contribution is -2.62. The van der Waals surface area contributed by atoms with Gasteiger partial charge in [0.05, 0.1) is 0 Å². The molecule has 0 radical (unpaired) electrons. The van der Waals surface area contributed by atoms with E-state index in [1.807, 2.05) is 0 Å². The first-order chi connectivity index (χ1) is 9.34. The lowest BCUT2D eigenvalue weighted by atomic mass is 9.88. The summed E-state index contributed by atoms with van der Waals surface area (Å²) in [6.45, 7) is 16.9. The molecule has 0 bridgehead atoms. The standard InChI is InChI=1S/C18H36N2/c1-7-14(4)16-12-20(17(11-19-16)13(2)3)15-8-9-18(5,6)10-15/h13-17,19H,7-12H2,1-6H3. The van der Waals surface area contributed by atoms with Gasteiger partial charge in [-0.3, -0.25) is 4.90 Å². The van der Waals surface area contributed by atoms with Crippen molar-refractivity contribution in [2.45, 2.75) is 85.4 Å². The summed E-state index contributed by atoms with van der Waals surface area (Å²) in [7, 11) is 0. The molecule has 2 rings (SSSR count). The van der Waals surface area contributed by atoms with E-state index in [1.54, 1.807) is 0 Å². The third-order valence-corrected chi connectivity index (χ3v) is 5.93. The molecule has 1 N–H and O–H groups in total. The van der Waals surface area contributed by atoms with E-state index in [-0.39, 0.29) is 0 Å². The van der Waals surface area contributed by atoms with Gasteiger partial charge >= 0.3 is 0 Å². The van der Waals surface area contributed by atoms with E-state index in [1.165, 1.54) is 38.8 Å². The van der Waals surface area contributed by atoms with E-state index in [4.69, 9.17) is 0 Å². The molecule has 1 saturated heterocycles. The molecule has 0 spiro atoms. The highest BCUT2D eigenvalue weighted by Gasteiger charge is 2.40. The fourth-order valence-corrected chi connectivity index (χ4v) is 4.20. The van der Waals surface area contributed by atoms with Gasteiger partial charge in [-0.05, 0) is 36.5 Å². The Balaban J connectivity index is 2.07. The van der Waals surface area contributed by atoms with Crippen LogP contribution in [0.5, 0.6) is 0 Å². The van der Waals surface area contributed by atoms with Crippen LogP contribution in [-0.4, -0.2) is 36.1 Å². The molecule has 1 aliphatic heterocycles. The molecular weight excluding hydrogens is 244 g/mol. The van der Waals surface area contributed by atoms with Gasteiger partial charge in [0, 0.05) is 31.2 Å². The van der Waals surface area contributed by atoms with Crippen LogP contribution < -0.4 is 5.32 Å². The molecule has 2 heteroatoms. The van der Waals surface area contributed by atoms with Gasteiger partial charge in [-0.15, -0.1) is 0 Å². The zero-order valence-electron chi connectivity index (χ0n) is 14.6. The van der Waals surface area contributed by atoms with Gasteiger partial charge in [-0.1, -0.05) is 48.0 Å². The van der Waals surface area contributed by atoms with Crippen molar-refractivity contribution in [2.24, 2.45) is 17.3 Å². The van der Waals surface area contributed by atoms with Crippen LogP contribution in [0.3, 0.4) is 0 Å². The Kier molecular flexibility index (Phi) is 5.18. The number of hydrogen-bond acceptors (Lipinski definition) is 2. The molecule has 0 aromatic carbocycles. The third kappa shape index (κ3) is 3.57. The van der Waals surface area contributed by atoms with Gasteiger partial charge in [-0.2, -0.15) is 0 Å². The zero-order chi connectivity index (χ0) is 14.9. The van der Waals surface area contributed by atoms with Crippen molar-refractivity contribution in [1.29, 1.82) is 0 Å². The molecule has 1 saturated carbocycles. The molecule has 0 aromatic heterocycles. The molecule has 4 unspecified atom stereocenters. The monoisotopic (exact) mass is 280 g/mol. The predicted octanol–water partition coefficient (Wildman–Crippen LogP) is 3.91. The number of nitrogens with zero attached hydrogens (tertiary/aromatic N) is 1. The Labute approximate surface area is 126 Å². The first-order valence-electron chi connectivity index (χ1n) is 8.83. The predicted molar refractivity (Wildman–Crippen MR) is 88.0 cm³/mol. The minimum atomic E-state index is 0.558. The average molecular weight is 280 g/mol. The quantitative estimate of drug-likeness (QED) is 0.840. The molecule has 2 aliphatic rings. The van der Waals surface area contributed by atoms with Gasteiger partial charge in [0.2, 0.25) is 0 Å². The molecule has 118 valence electrons. The maximum absolute atomic E-state index is 3.83. The van der Waals surface area contributed by atoms with Crippen molar-refractivity contribution in [3.63, 3.8) is 0 Å². The van der Waals surface area contributed by atoms with Crippen LogP contribution in [-0.2, 0) is 0 Å². The summed E-state index contributed by atoms with van der Waals surface area (Å²) >= 11 is 0. The molecular formula is C18H36N2. The summed E-state index contributed by atoms with van der Waals surface area (Å²) in [6, 6.07) is 2.25. The number of piperazine rings is 1. The Morgan fingerprint density at radius 3 is 2.45 bits per heavy atom. The van der Waals surface area contributed by atoms with Crippen molar-refractivity contribution >= 4 is 0 Å². The van der Waals surface area contributed by atoms with Crippen LogP contribution >= 0.6 is 0 Å². The maximum atomic E-state index is 3.83. The lowest BCUT2D eigenvalue weighted by molar-refractivity contribution is 0.0416. The first kappa shape index (κ1) is 16.3.